The third-order valence-corrected chi connectivity index (χ3v) is 2.95. The molecule has 0 spiro atoms. The summed E-state index contributed by atoms with van der Waals surface area (Å²) >= 11 is 0. The number of nitrogens with one attached hydrogen (secondary N) is 1. The van der Waals surface area contributed by atoms with Crippen LogP contribution >= 0.6 is 0 Å². The van der Waals surface area contributed by atoms with Gasteiger partial charge in [-0.1, -0.05) is 12.1 Å². The molecule has 1 aromatic rings. The van der Waals surface area contributed by atoms with Crippen molar-refractivity contribution in [2.45, 2.75) is 25.4 Å². The van der Waals surface area contributed by atoms with E-state index in [0.717, 1.165) is 38.1 Å². The van der Waals surface area contributed by atoms with E-state index in [1.54, 1.807) is 0 Å². The molecule has 2 rings (SSSR count). The number of hydrogen-bond acceptors (Lipinski definition) is 3. The highest BCUT2D eigenvalue weighted by molar-refractivity contribution is 5.27. The van der Waals surface area contributed by atoms with Crippen molar-refractivity contribution in [1.82, 2.24) is 5.32 Å². The van der Waals surface area contributed by atoms with E-state index in [-0.39, 0.29) is 0 Å². The van der Waals surface area contributed by atoms with Crippen LogP contribution in [0.3, 0.4) is 0 Å². The van der Waals surface area contributed by atoms with Gasteiger partial charge in [-0.15, -0.1) is 0 Å². The first-order chi connectivity index (χ1) is 7.88. The molecule has 3 nitrogen and oxygen atoms in total. The van der Waals surface area contributed by atoms with Crippen LogP contribution in [0, 0.1) is 0 Å². The molecule has 88 valence electrons. The first-order valence-corrected chi connectivity index (χ1v) is 6.05. The molecule has 1 aliphatic rings. The Hall–Kier alpha value is -1.06. The number of benzene rings is 1. The Balaban J connectivity index is 1.88. The lowest BCUT2D eigenvalue weighted by Gasteiger charge is -2.23. The molecule has 1 saturated heterocycles. The van der Waals surface area contributed by atoms with Crippen molar-refractivity contribution in [3.63, 3.8) is 0 Å². The molecule has 0 unspecified atom stereocenters. The molecule has 0 aliphatic carbocycles. The van der Waals surface area contributed by atoms with Gasteiger partial charge in [-0.25, -0.2) is 0 Å². The Kier molecular flexibility index (Phi) is 4.19. The van der Waals surface area contributed by atoms with Gasteiger partial charge in [-0.05, 0) is 56.6 Å². The molecule has 3 N–H and O–H groups in total. The maximum atomic E-state index is 5.92. The first-order valence-electron chi connectivity index (χ1n) is 6.05. The number of ether oxygens (including phenoxy) is 1. The maximum Gasteiger partial charge on any atom is 0.119 e. The van der Waals surface area contributed by atoms with Crippen LogP contribution in [-0.4, -0.2) is 25.7 Å². The van der Waals surface area contributed by atoms with Gasteiger partial charge >= 0.3 is 0 Å². The lowest BCUT2D eigenvalue weighted by molar-refractivity contribution is 0.162. The zero-order valence-electron chi connectivity index (χ0n) is 9.61. The van der Waals surface area contributed by atoms with Gasteiger partial charge in [0.2, 0.25) is 0 Å². The molecule has 3 heteroatoms. The quantitative estimate of drug-likeness (QED) is 0.804. The van der Waals surface area contributed by atoms with Crippen molar-refractivity contribution in [3.05, 3.63) is 29.8 Å². The molecule has 0 aromatic heterocycles. The fourth-order valence-corrected chi connectivity index (χ4v) is 2.01. The third kappa shape index (κ3) is 3.22. The lowest BCUT2D eigenvalue weighted by atomic mass is 10.1. The summed E-state index contributed by atoms with van der Waals surface area (Å²) in [6.07, 6.45) is 3.52. The van der Waals surface area contributed by atoms with Crippen molar-refractivity contribution in [1.29, 1.82) is 0 Å². The van der Waals surface area contributed by atoms with E-state index in [1.807, 2.05) is 12.1 Å². The summed E-state index contributed by atoms with van der Waals surface area (Å²) in [5.41, 5.74) is 6.79. The molecule has 0 atom stereocenters. The Morgan fingerprint density at radius 3 is 2.50 bits per heavy atom. The average molecular weight is 220 g/mol. The van der Waals surface area contributed by atoms with E-state index in [9.17, 15) is 0 Å². The highest BCUT2D eigenvalue weighted by Crippen LogP contribution is 2.17. The predicted molar refractivity (Wildman–Crippen MR) is 65.7 cm³/mol. The number of piperidine rings is 1. The summed E-state index contributed by atoms with van der Waals surface area (Å²) in [5.74, 6) is 0.979. The average Bonchev–Trinajstić information content (AvgIpc) is 2.33. The Bertz CT molecular complexity index is 304. The van der Waals surface area contributed by atoms with Crippen LogP contribution in [0.5, 0.6) is 5.75 Å². The minimum atomic E-state index is 0.376. The topological polar surface area (TPSA) is 47.3 Å². The first kappa shape index (κ1) is 11.4. The number of hydrogen-bond donors (Lipinski definition) is 2. The number of rotatable bonds is 4. The second-order valence-corrected chi connectivity index (χ2v) is 4.25. The fourth-order valence-electron chi connectivity index (χ4n) is 2.01. The minimum absolute atomic E-state index is 0.376. The molecule has 1 heterocycles. The Labute approximate surface area is 97.0 Å². The molecule has 1 aromatic carbocycles. The molecular formula is C13H20N2O. The maximum absolute atomic E-state index is 5.92. The van der Waals surface area contributed by atoms with E-state index < -0.39 is 0 Å². The minimum Gasteiger partial charge on any atom is -0.490 e. The summed E-state index contributed by atoms with van der Waals surface area (Å²) in [6.45, 7) is 2.83. The Morgan fingerprint density at radius 2 is 1.88 bits per heavy atom. The van der Waals surface area contributed by atoms with Crippen LogP contribution in [0.1, 0.15) is 18.4 Å². The molecule has 1 fully saturated rings. The summed E-state index contributed by atoms with van der Waals surface area (Å²) < 4.78 is 5.92. The van der Waals surface area contributed by atoms with Crippen LogP contribution in [0.25, 0.3) is 0 Å². The van der Waals surface area contributed by atoms with Crippen LogP contribution < -0.4 is 15.8 Å². The van der Waals surface area contributed by atoms with Gasteiger partial charge in [-0.3, -0.25) is 0 Å². The lowest BCUT2D eigenvalue weighted by Crippen LogP contribution is -2.34. The van der Waals surface area contributed by atoms with Crippen molar-refractivity contribution in [2.24, 2.45) is 5.73 Å². The molecule has 1 aliphatic heterocycles. The standard InChI is InChI=1S/C13H20N2O/c14-8-5-11-1-3-12(4-2-11)16-13-6-9-15-10-7-13/h1-4,13,15H,5-10,14H2. The summed E-state index contributed by atoms with van der Waals surface area (Å²) in [6, 6.07) is 8.30. The van der Waals surface area contributed by atoms with Crippen molar-refractivity contribution < 1.29 is 4.74 Å². The Morgan fingerprint density at radius 1 is 1.19 bits per heavy atom. The van der Waals surface area contributed by atoms with Crippen molar-refractivity contribution in [2.75, 3.05) is 19.6 Å². The van der Waals surface area contributed by atoms with Crippen LogP contribution in [-0.2, 0) is 6.42 Å². The van der Waals surface area contributed by atoms with E-state index in [0.29, 0.717) is 12.6 Å². The zero-order chi connectivity index (χ0) is 11.2. The molecule has 0 saturated carbocycles. The van der Waals surface area contributed by atoms with Gasteiger partial charge in [0, 0.05) is 0 Å². The largest absolute Gasteiger partial charge is 0.490 e. The predicted octanol–water partition coefficient (Wildman–Crippen LogP) is 1.32. The smallest absolute Gasteiger partial charge is 0.119 e. The number of nitrogens with two attached hydrogens (primary N) is 1. The summed E-state index contributed by atoms with van der Waals surface area (Å²) in [7, 11) is 0. The van der Waals surface area contributed by atoms with Crippen molar-refractivity contribution in [3.8, 4) is 5.75 Å². The highest BCUT2D eigenvalue weighted by Gasteiger charge is 2.13. The van der Waals surface area contributed by atoms with Gasteiger partial charge in [0.05, 0.1) is 0 Å². The van der Waals surface area contributed by atoms with Crippen LogP contribution in [0.4, 0.5) is 0 Å². The normalized spacial score (nSPS) is 17.3. The van der Waals surface area contributed by atoms with Gasteiger partial charge in [0.25, 0.3) is 0 Å². The van der Waals surface area contributed by atoms with Crippen LogP contribution in [0.2, 0.25) is 0 Å². The van der Waals surface area contributed by atoms with Crippen LogP contribution in [0.15, 0.2) is 24.3 Å². The second-order valence-electron chi connectivity index (χ2n) is 4.25. The fraction of sp³-hybridized carbons (Fsp3) is 0.538. The second kappa shape index (κ2) is 5.87. The van der Waals surface area contributed by atoms with E-state index in [1.165, 1.54) is 5.56 Å². The van der Waals surface area contributed by atoms with Gasteiger partial charge in [0.1, 0.15) is 11.9 Å². The van der Waals surface area contributed by atoms with Gasteiger partial charge < -0.3 is 15.8 Å². The van der Waals surface area contributed by atoms with Gasteiger partial charge in [-0.2, -0.15) is 0 Å². The molecule has 0 radical (unpaired) electrons. The summed E-state index contributed by atoms with van der Waals surface area (Å²) in [5, 5.41) is 3.33. The van der Waals surface area contributed by atoms with E-state index in [2.05, 4.69) is 17.4 Å². The molecular weight excluding hydrogens is 200 g/mol. The molecule has 16 heavy (non-hydrogen) atoms. The molecule has 0 bridgehead atoms. The van der Waals surface area contributed by atoms with E-state index in [4.69, 9.17) is 10.5 Å². The zero-order valence-corrected chi connectivity index (χ0v) is 9.61. The molecule has 0 amide bonds. The monoisotopic (exact) mass is 220 g/mol. The third-order valence-electron chi connectivity index (χ3n) is 2.95. The van der Waals surface area contributed by atoms with E-state index >= 15 is 0 Å². The van der Waals surface area contributed by atoms with Crippen molar-refractivity contribution >= 4 is 0 Å². The SMILES string of the molecule is NCCc1ccc(OC2CCNCC2)cc1. The highest BCUT2D eigenvalue weighted by atomic mass is 16.5. The van der Waals surface area contributed by atoms with Gasteiger partial charge in [0.15, 0.2) is 0 Å². The summed E-state index contributed by atoms with van der Waals surface area (Å²) in [4.78, 5) is 0.